The molecule has 0 saturated carbocycles. The molecule has 0 amide bonds. The lowest BCUT2D eigenvalue weighted by molar-refractivity contribution is 0.0875. The smallest absolute Gasteiger partial charge is 0.0765 e. The Balaban J connectivity index is 3.15. The summed E-state index contributed by atoms with van der Waals surface area (Å²) < 4.78 is 1.02. The molecule has 3 nitrogen and oxygen atoms in total. The highest BCUT2D eigenvalue weighted by Crippen LogP contribution is 2.29. The molecule has 0 aliphatic carbocycles. The van der Waals surface area contributed by atoms with Crippen LogP contribution in [0.5, 0.6) is 0 Å². The molecule has 0 spiro atoms. The lowest BCUT2D eigenvalue weighted by atomic mass is 10.0. The first kappa shape index (κ1) is 15.5. The average Bonchev–Trinajstić information content (AvgIpc) is 2.24. The number of aliphatic hydroxyl groups is 1. The zero-order valence-corrected chi connectivity index (χ0v) is 13.2. The maximum Gasteiger partial charge on any atom is 0.0765 e. The fraction of sp³-hybridized carbons (Fsp3) is 0.571. The van der Waals surface area contributed by atoms with E-state index in [4.69, 9.17) is 5.73 Å². The lowest BCUT2D eigenvalue weighted by Crippen LogP contribution is -2.39. The molecule has 3 N–H and O–H groups in total. The molecule has 0 heterocycles. The van der Waals surface area contributed by atoms with Crippen LogP contribution < -0.4 is 10.6 Å². The van der Waals surface area contributed by atoms with E-state index in [2.05, 4.69) is 33.8 Å². The standard InChI is InChI=1S/C14H23BrN2O/c1-5-17(9-14(3,4)18)13-8-11(15)6-7-12(13)10(2)16/h6-8,10,18H,5,9,16H2,1-4H3. The largest absolute Gasteiger partial charge is 0.389 e. The van der Waals surface area contributed by atoms with Crippen LogP contribution in [-0.2, 0) is 0 Å². The van der Waals surface area contributed by atoms with Gasteiger partial charge in [-0.15, -0.1) is 0 Å². The Morgan fingerprint density at radius 1 is 1.44 bits per heavy atom. The minimum Gasteiger partial charge on any atom is -0.389 e. The molecule has 0 fully saturated rings. The molecule has 0 radical (unpaired) electrons. The van der Waals surface area contributed by atoms with E-state index in [1.54, 1.807) is 0 Å². The number of nitrogens with zero attached hydrogens (tertiary/aromatic N) is 1. The molecule has 1 aromatic carbocycles. The molecule has 0 aromatic heterocycles. The van der Waals surface area contributed by atoms with Crippen LogP contribution in [0.2, 0.25) is 0 Å². The summed E-state index contributed by atoms with van der Waals surface area (Å²) in [6.45, 7) is 9.11. The van der Waals surface area contributed by atoms with E-state index in [1.165, 1.54) is 0 Å². The highest BCUT2D eigenvalue weighted by Gasteiger charge is 2.20. The summed E-state index contributed by atoms with van der Waals surface area (Å²) >= 11 is 3.49. The van der Waals surface area contributed by atoms with Crippen molar-refractivity contribution in [3.05, 3.63) is 28.2 Å². The van der Waals surface area contributed by atoms with E-state index in [9.17, 15) is 5.11 Å². The van der Waals surface area contributed by atoms with Crippen molar-refractivity contribution < 1.29 is 5.11 Å². The number of likely N-dealkylation sites (N-methyl/N-ethyl adjacent to an activating group) is 1. The third-order valence-corrected chi connectivity index (χ3v) is 3.28. The normalized spacial score (nSPS) is 13.5. The van der Waals surface area contributed by atoms with Crippen molar-refractivity contribution in [1.29, 1.82) is 0 Å². The molecule has 1 rings (SSSR count). The van der Waals surface area contributed by atoms with E-state index >= 15 is 0 Å². The lowest BCUT2D eigenvalue weighted by Gasteiger charge is -2.32. The SMILES string of the molecule is CCN(CC(C)(C)O)c1cc(Br)ccc1C(C)N. The van der Waals surface area contributed by atoms with Crippen LogP contribution in [0, 0.1) is 0 Å². The first-order valence-corrected chi connectivity index (χ1v) is 7.06. The Bertz CT molecular complexity index is 399. The van der Waals surface area contributed by atoms with Crippen LogP contribution in [0.4, 0.5) is 5.69 Å². The number of rotatable bonds is 5. The fourth-order valence-electron chi connectivity index (χ4n) is 2.01. The van der Waals surface area contributed by atoms with Gasteiger partial charge in [0.05, 0.1) is 5.60 Å². The van der Waals surface area contributed by atoms with Gasteiger partial charge in [0, 0.05) is 29.3 Å². The second kappa shape index (κ2) is 6.04. The Morgan fingerprint density at radius 3 is 2.50 bits per heavy atom. The Kier molecular flexibility index (Phi) is 5.20. The molecule has 4 heteroatoms. The first-order valence-electron chi connectivity index (χ1n) is 6.27. The molecule has 102 valence electrons. The quantitative estimate of drug-likeness (QED) is 0.878. The predicted octanol–water partition coefficient (Wildman–Crippen LogP) is 3.07. The molecule has 0 bridgehead atoms. The first-order chi connectivity index (χ1) is 8.24. The van der Waals surface area contributed by atoms with Gasteiger partial charge in [0.15, 0.2) is 0 Å². The van der Waals surface area contributed by atoms with E-state index in [0.29, 0.717) is 6.54 Å². The van der Waals surface area contributed by atoms with Crippen LogP contribution in [0.3, 0.4) is 0 Å². The third kappa shape index (κ3) is 4.26. The van der Waals surface area contributed by atoms with Gasteiger partial charge in [0.2, 0.25) is 0 Å². The number of halogens is 1. The number of hydrogen-bond donors (Lipinski definition) is 2. The summed E-state index contributed by atoms with van der Waals surface area (Å²) in [4.78, 5) is 2.16. The molecule has 1 atom stereocenters. The van der Waals surface area contributed by atoms with Crippen molar-refractivity contribution in [1.82, 2.24) is 0 Å². The maximum atomic E-state index is 9.99. The Morgan fingerprint density at radius 2 is 2.06 bits per heavy atom. The van der Waals surface area contributed by atoms with Gasteiger partial charge in [-0.3, -0.25) is 0 Å². The van der Waals surface area contributed by atoms with Gasteiger partial charge in [-0.2, -0.15) is 0 Å². The molecule has 18 heavy (non-hydrogen) atoms. The average molecular weight is 315 g/mol. The molecule has 0 saturated heterocycles. The molecule has 0 aliphatic heterocycles. The summed E-state index contributed by atoms with van der Waals surface area (Å²) in [7, 11) is 0. The number of anilines is 1. The zero-order chi connectivity index (χ0) is 13.9. The van der Waals surface area contributed by atoms with Gasteiger partial charge in [-0.05, 0) is 45.4 Å². The highest BCUT2D eigenvalue weighted by atomic mass is 79.9. The second-order valence-corrected chi connectivity index (χ2v) is 6.23. The van der Waals surface area contributed by atoms with Crippen LogP contribution in [0.15, 0.2) is 22.7 Å². The predicted molar refractivity (Wildman–Crippen MR) is 80.9 cm³/mol. The fourth-order valence-corrected chi connectivity index (χ4v) is 2.36. The van der Waals surface area contributed by atoms with Crippen LogP contribution in [0.1, 0.15) is 39.3 Å². The minimum absolute atomic E-state index is 0.0241. The van der Waals surface area contributed by atoms with Gasteiger partial charge in [-0.25, -0.2) is 0 Å². The third-order valence-electron chi connectivity index (χ3n) is 2.78. The minimum atomic E-state index is -0.729. The van der Waals surface area contributed by atoms with Crippen molar-refractivity contribution in [3.63, 3.8) is 0 Å². The van der Waals surface area contributed by atoms with Gasteiger partial charge in [0.25, 0.3) is 0 Å². The maximum absolute atomic E-state index is 9.99. The van der Waals surface area contributed by atoms with E-state index < -0.39 is 5.60 Å². The number of benzene rings is 1. The van der Waals surface area contributed by atoms with Crippen molar-refractivity contribution in [3.8, 4) is 0 Å². The molecule has 1 unspecified atom stereocenters. The Labute approximate surface area is 118 Å². The van der Waals surface area contributed by atoms with Crippen molar-refractivity contribution in [2.45, 2.75) is 39.3 Å². The van der Waals surface area contributed by atoms with Crippen molar-refractivity contribution >= 4 is 21.6 Å². The van der Waals surface area contributed by atoms with Crippen LogP contribution >= 0.6 is 15.9 Å². The highest BCUT2D eigenvalue weighted by molar-refractivity contribution is 9.10. The monoisotopic (exact) mass is 314 g/mol. The van der Waals surface area contributed by atoms with E-state index in [0.717, 1.165) is 22.3 Å². The molecular weight excluding hydrogens is 292 g/mol. The van der Waals surface area contributed by atoms with E-state index in [-0.39, 0.29) is 6.04 Å². The summed E-state index contributed by atoms with van der Waals surface area (Å²) in [6.07, 6.45) is 0. The number of nitrogens with two attached hydrogens (primary N) is 1. The summed E-state index contributed by atoms with van der Waals surface area (Å²) in [5, 5.41) is 9.99. The van der Waals surface area contributed by atoms with Crippen LogP contribution in [0.25, 0.3) is 0 Å². The zero-order valence-electron chi connectivity index (χ0n) is 11.6. The van der Waals surface area contributed by atoms with Gasteiger partial charge in [-0.1, -0.05) is 22.0 Å². The topological polar surface area (TPSA) is 49.5 Å². The number of hydrogen-bond acceptors (Lipinski definition) is 3. The molecule has 1 aromatic rings. The summed E-state index contributed by atoms with van der Waals surface area (Å²) in [5.41, 5.74) is 7.48. The van der Waals surface area contributed by atoms with Gasteiger partial charge in [0.1, 0.15) is 0 Å². The molecular formula is C14H23BrN2O. The second-order valence-electron chi connectivity index (χ2n) is 5.32. The summed E-state index contributed by atoms with van der Waals surface area (Å²) in [5.74, 6) is 0. The summed E-state index contributed by atoms with van der Waals surface area (Å²) in [6, 6.07) is 6.08. The van der Waals surface area contributed by atoms with Crippen molar-refractivity contribution in [2.24, 2.45) is 5.73 Å². The van der Waals surface area contributed by atoms with E-state index in [1.807, 2.05) is 32.9 Å². The molecule has 0 aliphatic rings. The van der Waals surface area contributed by atoms with Gasteiger partial charge < -0.3 is 15.7 Å². The van der Waals surface area contributed by atoms with Crippen molar-refractivity contribution in [2.75, 3.05) is 18.0 Å². The van der Waals surface area contributed by atoms with Crippen LogP contribution in [-0.4, -0.2) is 23.8 Å². The van der Waals surface area contributed by atoms with Gasteiger partial charge >= 0.3 is 0 Å². The Hall–Kier alpha value is -0.580.